The van der Waals surface area contributed by atoms with E-state index >= 15 is 0 Å². The average molecular weight is 527 g/mol. The van der Waals surface area contributed by atoms with Crippen molar-refractivity contribution in [2.24, 2.45) is 5.73 Å². The lowest BCUT2D eigenvalue weighted by molar-refractivity contribution is 0.0949. The van der Waals surface area contributed by atoms with Crippen LogP contribution < -0.4 is 16.6 Å². The number of benzene rings is 2. The SMILES string of the molecule is NC(=O)c1cc(Cc2cncc(C(=O)NCc3[nH]nc4ccc(Cl)cc34)c2)ccc1Cc1ccc[nH]c1=O. The lowest BCUT2D eigenvalue weighted by Gasteiger charge is -2.10. The molecule has 5 rings (SSSR count). The molecule has 3 aromatic heterocycles. The summed E-state index contributed by atoms with van der Waals surface area (Å²) in [7, 11) is 0. The summed E-state index contributed by atoms with van der Waals surface area (Å²) in [6, 6.07) is 16.0. The van der Waals surface area contributed by atoms with Crippen LogP contribution in [0, 0.1) is 0 Å². The first-order valence-electron chi connectivity index (χ1n) is 11.8. The van der Waals surface area contributed by atoms with E-state index in [9.17, 15) is 14.4 Å². The number of amides is 2. The van der Waals surface area contributed by atoms with Gasteiger partial charge in [0, 0.05) is 46.5 Å². The molecule has 0 fully saturated rings. The maximum absolute atomic E-state index is 12.8. The van der Waals surface area contributed by atoms with E-state index in [1.54, 1.807) is 54.9 Å². The number of pyridine rings is 2. The van der Waals surface area contributed by atoms with Crippen molar-refractivity contribution in [3.05, 3.63) is 128 Å². The molecule has 0 aliphatic carbocycles. The van der Waals surface area contributed by atoms with Gasteiger partial charge in [0.05, 0.1) is 23.3 Å². The van der Waals surface area contributed by atoms with Crippen molar-refractivity contribution in [1.82, 2.24) is 25.5 Å². The third kappa shape index (κ3) is 5.47. The van der Waals surface area contributed by atoms with Gasteiger partial charge in [-0.3, -0.25) is 24.5 Å². The number of nitrogens with one attached hydrogen (secondary N) is 3. The van der Waals surface area contributed by atoms with Crippen LogP contribution in [0.1, 0.15) is 48.7 Å². The third-order valence-electron chi connectivity index (χ3n) is 6.21. The Morgan fingerprint density at radius 2 is 1.84 bits per heavy atom. The number of hydrogen-bond donors (Lipinski definition) is 4. The summed E-state index contributed by atoms with van der Waals surface area (Å²) in [5.74, 6) is -0.863. The molecule has 0 unspecified atom stereocenters. The number of rotatable bonds is 8. The highest BCUT2D eigenvalue weighted by atomic mass is 35.5. The van der Waals surface area contributed by atoms with Gasteiger partial charge < -0.3 is 16.0 Å². The molecule has 5 aromatic rings. The molecule has 38 heavy (non-hydrogen) atoms. The van der Waals surface area contributed by atoms with Crippen molar-refractivity contribution in [3.63, 3.8) is 0 Å². The third-order valence-corrected chi connectivity index (χ3v) is 6.44. The molecular formula is C28H23ClN6O3. The van der Waals surface area contributed by atoms with Crippen LogP contribution in [0.4, 0.5) is 0 Å². The molecular weight excluding hydrogens is 504 g/mol. The van der Waals surface area contributed by atoms with Crippen LogP contribution in [0.5, 0.6) is 0 Å². The summed E-state index contributed by atoms with van der Waals surface area (Å²) in [5, 5.41) is 11.5. The normalized spacial score (nSPS) is 11.0. The zero-order valence-corrected chi connectivity index (χ0v) is 20.9. The number of primary amides is 1. The Morgan fingerprint density at radius 1 is 0.974 bits per heavy atom. The molecule has 0 atom stereocenters. The second-order valence-electron chi connectivity index (χ2n) is 8.86. The molecule has 2 aromatic carbocycles. The van der Waals surface area contributed by atoms with Gasteiger partial charge in [-0.2, -0.15) is 5.10 Å². The Balaban J connectivity index is 1.30. The van der Waals surface area contributed by atoms with Crippen molar-refractivity contribution in [1.29, 1.82) is 0 Å². The Labute approximate surface area is 222 Å². The van der Waals surface area contributed by atoms with Crippen molar-refractivity contribution < 1.29 is 9.59 Å². The highest BCUT2D eigenvalue weighted by Gasteiger charge is 2.14. The van der Waals surface area contributed by atoms with Crippen LogP contribution in [-0.4, -0.2) is 32.0 Å². The molecule has 0 bridgehead atoms. The van der Waals surface area contributed by atoms with E-state index in [1.165, 1.54) is 6.20 Å². The van der Waals surface area contributed by atoms with Gasteiger partial charge >= 0.3 is 0 Å². The standard InChI is InChI=1S/C28H23ClN6O3/c29-21-5-6-24-23(12-21)25(35-34-24)15-33-28(38)20-9-17(13-31-14-20)8-16-3-4-18(22(10-16)26(30)36)11-19-2-1-7-32-27(19)37/h1-7,9-10,12-14H,8,11,15H2,(H2,30,36)(H,32,37)(H,33,38)(H,34,35). The molecule has 3 heterocycles. The van der Waals surface area contributed by atoms with E-state index in [1.807, 2.05) is 12.1 Å². The van der Waals surface area contributed by atoms with Gasteiger partial charge in [0.15, 0.2) is 0 Å². The van der Waals surface area contributed by atoms with Gasteiger partial charge in [-0.1, -0.05) is 29.8 Å². The summed E-state index contributed by atoms with van der Waals surface area (Å²) in [6.45, 7) is 0.244. The van der Waals surface area contributed by atoms with Crippen LogP contribution in [-0.2, 0) is 19.4 Å². The van der Waals surface area contributed by atoms with Gasteiger partial charge in [-0.05, 0) is 59.5 Å². The van der Waals surface area contributed by atoms with Crippen LogP contribution in [0.15, 0.2) is 78.0 Å². The van der Waals surface area contributed by atoms with Gasteiger partial charge in [-0.15, -0.1) is 0 Å². The van der Waals surface area contributed by atoms with Crippen molar-refractivity contribution in [2.75, 3.05) is 0 Å². The first-order valence-corrected chi connectivity index (χ1v) is 12.2. The Morgan fingerprint density at radius 3 is 2.66 bits per heavy atom. The molecule has 0 aliphatic heterocycles. The van der Waals surface area contributed by atoms with Crippen LogP contribution in [0.2, 0.25) is 5.02 Å². The fourth-order valence-electron chi connectivity index (χ4n) is 4.30. The molecule has 0 aliphatic rings. The Hall–Kier alpha value is -4.76. The molecule has 9 nitrogen and oxygen atoms in total. The second kappa shape index (κ2) is 10.7. The highest BCUT2D eigenvalue weighted by Crippen LogP contribution is 2.21. The van der Waals surface area contributed by atoms with E-state index in [0.717, 1.165) is 27.7 Å². The van der Waals surface area contributed by atoms with E-state index < -0.39 is 5.91 Å². The number of carbonyl (C=O) groups is 2. The van der Waals surface area contributed by atoms with E-state index in [2.05, 4.69) is 25.5 Å². The molecule has 0 radical (unpaired) electrons. The zero-order chi connectivity index (χ0) is 26.6. The average Bonchev–Trinajstić information content (AvgIpc) is 3.31. The minimum absolute atomic E-state index is 0.210. The van der Waals surface area contributed by atoms with Gasteiger partial charge in [-0.25, -0.2) is 0 Å². The van der Waals surface area contributed by atoms with Crippen molar-refractivity contribution in [2.45, 2.75) is 19.4 Å². The molecule has 2 amide bonds. The number of halogens is 1. The molecule has 5 N–H and O–H groups in total. The summed E-state index contributed by atoms with van der Waals surface area (Å²) in [4.78, 5) is 43.9. The number of aromatic amines is 2. The predicted molar refractivity (Wildman–Crippen MR) is 144 cm³/mol. The van der Waals surface area contributed by atoms with Gasteiger partial charge in [0.2, 0.25) is 5.91 Å². The van der Waals surface area contributed by atoms with E-state index in [0.29, 0.717) is 33.7 Å². The van der Waals surface area contributed by atoms with Crippen LogP contribution in [0.25, 0.3) is 10.9 Å². The minimum Gasteiger partial charge on any atom is -0.366 e. The number of carbonyl (C=O) groups excluding carboxylic acids is 2. The Kier molecular flexibility index (Phi) is 7.01. The monoisotopic (exact) mass is 526 g/mol. The largest absolute Gasteiger partial charge is 0.366 e. The van der Waals surface area contributed by atoms with Gasteiger partial charge in [0.25, 0.3) is 11.5 Å². The molecule has 0 saturated carbocycles. The molecule has 10 heteroatoms. The number of fused-ring (bicyclic) bond motifs is 1. The summed E-state index contributed by atoms with van der Waals surface area (Å²) in [5.41, 5.74) is 10.5. The first kappa shape index (κ1) is 24.9. The van der Waals surface area contributed by atoms with Crippen LogP contribution >= 0.6 is 11.6 Å². The first-order chi connectivity index (χ1) is 18.4. The van der Waals surface area contributed by atoms with Crippen molar-refractivity contribution in [3.8, 4) is 0 Å². The topological polar surface area (TPSA) is 147 Å². The van der Waals surface area contributed by atoms with E-state index in [-0.39, 0.29) is 24.4 Å². The predicted octanol–water partition coefficient (Wildman–Crippen LogP) is 3.51. The molecule has 0 spiro atoms. The van der Waals surface area contributed by atoms with Gasteiger partial charge in [0.1, 0.15) is 0 Å². The minimum atomic E-state index is -0.576. The Bertz CT molecular complexity index is 1730. The summed E-state index contributed by atoms with van der Waals surface area (Å²) < 4.78 is 0. The van der Waals surface area contributed by atoms with Crippen LogP contribution in [0.3, 0.4) is 0 Å². The number of nitrogens with zero attached hydrogens (tertiary/aromatic N) is 2. The highest BCUT2D eigenvalue weighted by molar-refractivity contribution is 6.31. The smallest absolute Gasteiger partial charge is 0.253 e. The number of H-pyrrole nitrogens is 2. The fraction of sp³-hybridized carbons (Fsp3) is 0.107. The quantitative estimate of drug-likeness (QED) is 0.244. The lowest BCUT2D eigenvalue weighted by atomic mass is 9.95. The van der Waals surface area contributed by atoms with Crippen molar-refractivity contribution >= 4 is 34.3 Å². The maximum atomic E-state index is 12.8. The zero-order valence-electron chi connectivity index (χ0n) is 20.1. The summed E-state index contributed by atoms with van der Waals surface area (Å²) in [6.07, 6.45) is 5.44. The fourth-order valence-corrected chi connectivity index (χ4v) is 4.48. The molecule has 0 saturated heterocycles. The second-order valence-corrected chi connectivity index (χ2v) is 9.30. The van der Waals surface area contributed by atoms with E-state index in [4.69, 9.17) is 17.3 Å². The summed E-state index contributed by atoms with van der Waals surface area (Å²) >= 11 is 6.09. The molecule has 190 valence electrons. The number of nitrogens with two attached hydrogens (primary N) is 1. The number of aromatic nitrogens is 4. The lowest BCUT2D eigenvalue weighted by Crippen LogP contribution is -2.23. The maximum Gasteiger partial charge on any atom is 0.253 e. The number of hydrogen-bond acceptors (Lipinski definition) is 5.